The number of carbonyl (C=O) groups is 1. The highest BCUT2D eigenvalue weighted by Crippen LogP contribution is 2.26. The number of hydrogen-bond acceptors (Lipinski definition) is 5. The molecule has 4 aromatic rings. The van der Waals surface area contributed by atoms with E-state index in [1.807, 2.05) is 6.92 Å². The van der Waals surface area contributed by atoms with Crippen LogP contribution in [-0.2, 0) is 13.1 Å². The van der Waals surface area contributed by atoms with Gasteiger partial charge in [0.2, 0.25) is 0 Å². The second-order valence-corrected chi connectivity index (χ2v) is 7.85. The number of Topliss-reactive ketones (excluding diaryl/α,β-unsaturated/α-hetero) is 1. The molecule has 0 bridgehead atoms. The van der Waals surface area contributed by atoms with Crippen LogP contribution in [0.4, 0.5) is 0 Å². The summed E-state index contributed by atoms with van der Waals surface area (Å²) in [7, 11) is 0. The zero-order valence-corrected chi connectivity index (χ0v) is 18.5. The van der Waals surface area contributed by atoms with E-state index in [4.69, 9.17) is 32.4 Å². The van der Waals surface area contributed by atoms with E-state index in [2.05, 4.69) is 0 Å². The molecule has 2 aromatic heterocycles. The van der Waals surface area contributed by atoms with E-state index in [0.717, 1.165) is 4.57 Å². The molecule has 32 heavy (non-hydrogen) atoms. The van der Waals surface area contributed by atoms with Gasteiger partial charge in [-0.05, 0) is 55.5 Å². The van der Waals surface area contributed by atoms with Crippen molar-refractivity contribution in [2.24, 2.45) is 0 Å². The Balaban J connectivity index is 1.81. The first-order chi connectivity index (χ1) is 15.4. The molecular formula is C23H18Cl2N2O5. The van der Waals surface area contributed by atoms with Gasteiger partial charge in [-0.1, -0.05) is 23.2 Å². The Bertz CT molecular complexity index is 1420. The molecular weight excluding hydrogens is 455 g/mol. The van der Waals surface area contributed by atoms with Gasteiger partial charge in [0, 0.05) is 10.6 Å². The maximum atomic E-state index is 13.2. The van der Waals surface area contributed by atoms with Crippen molar-refractivity contribution in [1.29, 1.82) is 0 Å². The summed E-state index contributed by atoms with van der Waals surface area (Å²) in [5.41, 5.74) is -0.523. The summed E-state index contributed by atoms with van der Waals surface area (Å²) in [5, 5.41) is 0.861. The number of hydrogen-bond donors (Lipinski definition) is 0. The minimum Gasteiger partial charge on any atom is -0.492 e. The summed E-state index contributed by atoms with van der Waals surface area (Å²) in [6.07, 6.45) is 1.45. The highest BCUT2D eigenvalue weighted by atomic mass is 35.5. The lowest BCUT2D eigenvalue weighted by Crippen LogP contribution is -2.41. The largest absolute Gasteiger partial charge is 0.492 e. The van der Waals surface area contributed by atoms with Crippen molar-refractivity contribution in [3.63, 3.8) is 0 Å². The second kappa shape index (κ2) is 9.06. The first-order valence-electron chi connectivity index (χ1n) is 9.80. The summed E-state index contributed by atoms with van der Waals surface area (Å²) in [6, 6.07) is 12.6. The molecule has 0 atom stereocenters. The van der Waals surface area contributed by atoms with Crippen molar-refractivity contribution in [1.82, 2.24) is 9.13 Å². The van der Waals surface area contributed by atoms with E-state index in [0.29, 0.717) is 39.2 Å². The average Bonchev–Trinajstić information content (AvgIpc) is 3.29. The van der Waals surface area contributed by atoms with Crippen molar-refractivity contribution >= 4 is 39.9 Å². The molecule has 0 fully saturated rings. The van der Waals surface area contributed by atoms with Crippen LogP contribution in [0.15, 0.2) is 68.8 Å². The van der Waals surface area contributed by atoms with Crippen molar-refractivity contribution in [3.05, 3.63) is 97.0 Å². The van der Waals surface area contributed by atoms with Crippen LogP contribution in [0.2, 0.25) is 10.0 Å². The third kappa shape index (κ3) is 4.22. The molecule has 0 amide bonds. The summed E-state index contributed by atoms with van der Waals surface area (Å²) < 4.78 is 13.0. The maximum Gasteiger partial charge on any atom is 0.332 e. The predicted octanol–water partition coefficient (Wildman–Crippen LogP) is 4.39. The fourth-order valence-electron chi connectivity index (χ4n) is 3.43. The van der Waals surface area contributed by atoms with Crippen LogP contribution >= 0.6 is 23.2 Å². The molecule has 0 N–H and O–H groups in total. The molecule has 7 nitrogen and oxygen atoms in total. The SMILES string of the molecule is CCOc1ccc(C(=O)Cn2c(=O)n(Cc3ccco3)c(=O)c3cc(Cl)ccc32)cc1Cl. The van der Waals surface area contributed by atoms with Crippen LogP contribution < -0.4 is 16.0 Å². The first kappa shape index (κ1) is 21.9. The van der Waals surface area contributed by atoms with Crippen molar-refractivity contribution < 1.29 is 13.9 Å². The van der Waals surface area contributed by atoms with Gasteiger partial charge in [-0.15, -0.1) is 0 Å². The van der Waals surface area contributed by atoms with Crippen molar-refractivity contribution in [2.45, 2.75) is 20.0 Å². The van der Waals surface area contributed by atoms with Gasteiger partial charge < -0.3 is 9.15 Å². The lowest BCUT2D eigenvalue weighted by Gasteiger charge is -2.14. The third-order valence-corrected chi connectivity index (χ3v) is 5.47. The van der Waals surface area contributed by atoms with Crippen molar-refractivity contribution in [3.8, 4) is 5.75 Å². The van der Waals surface area contributed by atoms with Gasteiger partial charge in [-0.3, -0.25) is 18.7 Å². The molecule has 0 unspecified atom stereocenters. The smallest absolute Gasteiger partial charge is 0.332 e. The predicted molar refractivity (Wildman–Crippen MR) is 122 cm³/mol. The van der Waals surface area contributed by atoms with Gasteiger partial charge in [-0.2, -0.15) is 0 Å². The highest BCUT2D eigenvalue weighted by Gasteiger charge is 2.18. The molecule has 4 rings (SSSR count). The molecule has 0 spiro atoms. The maximum absolute atomic E-state index is 13.2. The van der Waals surface area contributed by atoms with Crippen LogP contribution in [-0.4, -0.2) is 21.5 Å². The zero-order chi connectivity index (χ0) is 22.8. The Kier molecular flexibility index (Phi) is 6.21. The van der Waals surface area contributed by atoms with E-state index < -0.39 is 11.2 Å². The molecule has 9 heteroatoms. The molecule has 0 aliphatic rings. The van der Waals surface area contributed by atoms with Gasteiger partial charge >= 0.3 is 5.69 Å². The molecule has 0 aliphatic heterocycles. The van der Waals surface area contributed by atoms with Crippen molar-refractivity contribution in [2.75, 3.05) is 6.61 Å². The molecule has 164 valence electrons. The normalized spacial score (nSPS) is 11.1. The number of halogens is 2. The Labute approximate surface area is 192 Å². The molecule has 0 saturated carbocycles. The highest BCUT2D eigenvalue weighted by molar-refractivity contribution is 6.32. The fourth-order valence-corrected chi connectivity index (χ4v) is 3.84. The van der Waals surface area contributed by atoms with E-state index in [-0.39, 0.29) is 24.3 Å². The minimum absolute atomic E-state index is 0.0732. The third-order valence-electron chi connectivity index (χ3n) is 4.94. The summed E-state index contributed by atoms with van der Waals surface area (Å²) in [4.78, 5) is 39.3. The number of furan rings is 1. The number of nitrogens with zero attached hydrogens (tertiary/aromatic N) is 2. The van der Waals surface area contributed by atoms with Crippen LogP contribution in [0.25, 0.3) is 10.9 Å². The monoisotopic (exact) mass is 472 g/mol. The van der Waals surface area contributed by atoms with Crippen LogP contribution in [0, 0.1) is 0 Å². The molecule has 2 aromatic carbocycles. The topological polar surface area (TPSA) is 83.4 Å². The number of rotatable bonds is 7. The molecule has 0 aliphatic carbocycles. The summed E-state index contributed by atoms with van der Waals surface area (Å²) in [5.74, 6) is 0.549. The molecule has 2 heterocycles. The van der Waals surface area contributed by atoms with Gasteiger partial charge in [0.25, 0.3) is 5.56 Å². The van der Waals surface area contributed by atoms with Gasteiger partial charge in [0.05, 0.1) is 41.9 Å². The van der Waals surface area contributed by atoms with Crippen LogP contribution in [0.5, 0.6) is 5.75 Å². The lowest BCUT2D eigenvalue weighted by atomic mass is 10.1. The summed E-state index contributed by atoms with van der Waals surface area (Å²) >= 11 is 12.3. The zero-order valence-electron chi connectivity index (χ0n) is 17.0. The lowest BCUT2D eigenvalue weighted by molar-refractivity contribution is 0.0971. The summed E-state index contributed by atoms with van der Waals surface area (Å²) in [6.45, 7) is 1.90. The average molecular weight is 473 g/mol. The first-order valence-corrected chi connectivity index (χ1v) is 10.6. The van der Waals surface area contributed by atoms with E-state index in [9.17, 15) is 14.4 Å². The van der Waals surface area contributed by atoms with Crippen LogP contribution in [0.3, 0.4) is 0 Å². The number of benzene rings is 2. The van der Waals surface area contributed by atoms with Gasteiger partial charge in [-0.25, -0.2) is 4.79 Å². The second-order valence-electron chi connectivity index (χ2n) is 7.00. The Hall–Kier alpha value is -3.29. The Morgan fingerprint density at radius 3 is 2.56 bits per heavy atom. The van der Waals surface area contributed by atoms with Crippen LogP contribution in [0.1, 0.15) is 23.0 Å². The number of ether oxygens (including phenoxy) is 1. The van der Waals surface area contributed by atoms with E-state index in [1.165, 1.54) is 23.0 Å². The van der Waals surface area contributed by atoms with E-state index >= 15 is 0 Å². The standard InChI is InChI=1S/C23H18Cl2N2O5/c1-2-31-21-8-5-14(10-18(21)25)20(28)13-26-19-7-6-15(24)11-17(19)22(29)27(23(26)30)12-16-4-3-9-32-16/h3-11H,2,12-13H2,1H3. The molecule has 0 saturated heterocycles. The number of carbonyl (C=O) groups excluding carboxylic acids is 1. The fraction of sp³-hybridized carbons (Fsp3) is 0.174. The van der Waals surface area contributed by atoms with E-state index in [1.54, 1.807) is 36.4 Å². The van der Waals surface area contributed by atoms with Gasteiger partial charge in [0.15, 0.2) is 5.78 Å². The minimum atomic E-state index is -0.633. The van der Waals surface area contributed by atoms with Gasteiger partial charge in [0.1, 0.15) is 11.5 Å². The Morgan fingerprint density at radius 1 is 1.06 bits per heavy atom. The Morgan fingerprint density at radius 2 is 1.88 bits per heavy atom. The quantitative estimate of drug-likeness (QED) is 0.372. The number of aromatic nitrogens is 2. The molecule has 0 radical (unpaired) electrons. The number of ketones is 1. The number of fused-ring (bicyclic) bond motifs is 1.